The minimum Gasteiger partial charge on any atom is -0.479 e. The van der Waals surface area contributed by atoms with Crippen LogP contribution in [0.5, 0.6) is 5.75 Å². The number of para-hydroxylation sites is 1. The van der Waals surface area contributed by atoms with Gasteiger partial charge in [-0.05, 0) is 43.3 Å². The number of ether oxygens (including phenoxy) is 2. The summed E-state index contributed by atoms with van der Waals surface area (Å²) >= 11 is 0. The van der Waals surface area contributed by atoms with Crippen molar-refractivity contribution in [2.75, 3.05) is 11.9 Å². The first-order chi connectivity index (χ1) is 13.4. The van der Waals surface area contributed by atoms with Gasteiger partial charge in [-0.25, -0.2) is 14.0 Å². The highest BCUT2D eigenvalue weighted by Gasteiger charge is 2.19. The largest absolute Gasteiger partial charge is 0.479 e. The van der Waals surface area contributed by atoms with E-state index in [9.17, 15) is 18.8 Å². The summed E-state index contributed by atoms with van der Waals surface area (Å²) in [6.07, 6.45) is -1.02. The predicted molar refractivity (Wildman–Crippen MR) is 95.8 cm³/mol. The number of urea groups is 1. The second-order valence-corrected chi connectivity index (χ2v) is 5.49. The molecule has 0 unspecified atom stereocenters. The van der Waals surface area contributed by atoms with Gasteiger partial charge in [-0.2, -0.15) is 5.26 Å². The Morgan fingerprint density at radius 2 is 1.82 bits per heavy atom. The van der Waals surface area contributed by atoms with Crippen molar-refractivity contribution in [3.05, 3.63) is 59.9 Å². The smallest absolute Gasteiger partial charge is 0.347 e. The monoisotopic (exact) mass is 385 g/mol. The molecule has 0 saturated carbocycles. The van der Waals surface area contributed by atoms with Gasteiger partial charge in [0.25, 0.3) is 5.91 Å². The Morgan fingerprint density at radius 1 is 1.14 bits per heavy atom. The molecule has 2 N–H and O–H groups in total. The Labute approximate surface area is 159 Å². The Bertz CT molecular complexity index is 909. The lowest BCUT2D eigenvalue weighted by atomic mass is 10.2. The average molecular weight is 385 g/mol. The van der Waals surface area contributed by atoms with E-state index >= 15 is 0 Å². The molecule has 0 fully saturated rings. The maximum atomic E-state index is 13.4. The number of nitrogens with zero attached hydrogens (tertiary/aromatic N) is 1. The number of anilines is 1. The molecule has 28 heavy (non-hydrogen) atoms. The molecule has 2 rings (SSSR count). The van der Waals surface area contributed by atoms with Gasteiger partial charge in [-0.3, -0.25) is 10.1 Å². The molecular weight excluding hydrogens is 369 g/mol. The van der Waals surface area contributed by atoms with Crippen molar-refractivity contribution < 1.29 is 28.2 Å². The fraction of sp³-hybridized carbons (Fsp3) is 0.158. The minimum atomic E-state index is -1.02. The predicted octanol–water partition coefficient (Wildman–Crippen LogP) is 2.36. The second-order valence-electron chi connectivity index (χ2n) is 5.49. The molecule has 9 heteroatoms. The first-order valence-corrected chi connectivity index (χ1v) is 8.08. The lowest BCUT2D eigenvalue weighted by Crippen LogP contribution is -2.38. The molecule has 0 saturated heterocycles. The number of nitrogens with one attached hydrogen (secondary N) is 2. The van der Waals surface area contributed by atoms with E-state index in [2.05, 4.69) is 5.32 Å². The van der Waals surface area contributed by atoms with Gasteiger partial charge in [0.1, 0.15) is 11.6 Å². The fourth-order valence-electron chi connectivity index (χ4n) is 1.99. The van der Waals surface area contributed by atoms with Crippen LogP contribution in [0.4, 0.5) is 14.9 Å². The molecule has 0 aromatic heterocycles. The number of carbonyl (C=O) groups excluding carboxylic acids is 3. The zero-order valence-electron chi connectivity index (χ0n) is 14.8. The minimum absolute atomic E-state index is 0.103. The van der Waals surface area contributed by atoms with E-state index in [0.717, 1.165) is 6.07 Å². The van der Waals surface area contributed by atoms with Crippen LogP contribution in [0.25, 0.3) is 0 Å². The lowest BCUT2D eigenvalue weighted by molar-refractivity contribution is -0.154. The van der Waals surface area contributed by atoms with Crippen molar-refractivity contribution >= 4 is 23.6 Å². The van der Waals surface area contributed by atoms with Gasteiger partial charge in [-0.1, -0.05) is 12.1 Å². The van der Waals surface area contributed by atoms with Gasteiger partial charge >= 0.3 is 12.0 Å². The summed E-state index contributed by atoms with van der Waals surface area (Å²) in [5.74, 6) is -2.04. The number of esters is 1. The van der Waals surface area contributed by atoms with Crippen molar-refractivity contribution in [1.29, 1.82) is 5.26 Å². The molecule has 0 spiro atoms. The number of amides is 3. The van der Waals surface area contributed by atoms with Crippen LogP contribution in [0.1, 0.15) is 12.5 Å². The number of benzene rings is 2. The van der Waals surface area contributed by atoms with E-state index < -0.39 is 36.4 Å². The number of rotatable bonds is 6. The zero-order chi connectivity index (χ0) is 20.5. The van der Waals surface area contributed by atoms with E-state index in [0.29, 0.717) is 11.3 Å². The molecule has 0 heterocycles. The third-order valence-corrected chi connectivity index (χ3v) is 3.35. The van der Waals surface area contributed by atoms with Gasteiger partial charge in [0.05, 0.1) is 17.3 Å². The van der Waals surface area contributed by atoms with Crippen LogP contribution < -0.4 is 15.4 Å². The van der Waals surface area contributed by atoms with Crippen molar-refractivity contribution in [1.82, 2.24) is 5.32 Å². The highest BCUT2D eigenvalue weighted by atomic mass is 19.1. The third kappa shape index (κ3) is 6.10. The Kier molecular flexibility index (Phi) is 7.05. The van der Waals surface area contributed by atoms with Crippen LogP contribution in [0.2, 0.25) is 0 Å². The van der Waals surface area contributed by atoms with E-state index in [-0.39, 0.29) is 5.69 Å². The van der Waals surface area contributed by atoms with Crippen LogP contribution in [-0.2, 0) is 14.3 Å². The van der Waals surface area contributed by atoms with Crippen LogP contribution in [-0.4, -0.2) is 30.6 Å². The Balaban J connectivity index is 1.76. The Morgan fingerprint density at radius 3 is 2.46 bits per heavy atom. The van der Waals surface area contributed by atoms with E-state index in [4.69, 9.17) is 14.7 Å². The normalized spacial score (nSPS) is 10.9. The van der Waals surface area contributed by atoms with E-state index in [1.54, 1.807) is 0 Å². The summed E-state index contributed by atoms with van der Waals surface area (Å²) in [6, 6.07) is 12.5. The third-order valence-electron chi connectivity index (χ3n) is 3.35. The van der Waals surface area contributed by atoms with E-state index in [1.165, 1.54) is 49.4 Å². The lowest BCUT2D eigenvalue weighted by Gasteiger charge is -2.14. The molecule has 8 nitrogen and oxygen atoms in total. The maximum Gasteiger partial charge on any atom is 0.347 e. The van der Waals surface area contributed by atoms with Crippen LogP contribution in [0, 0.1) is 17.1 Å². The number of hydrogen-bond acceptors (Lipinski definition) is 6. The summed E-state index contributed by atoms with van der Waals surface area (Å²) in [6.45, 7) is 0.702. The molecular formula is C19H16FN3O5. The summed E-state index contributed by atoms with van der Waals surface area (Å²) in [4.78, 5) is 35.2. The van der Waals surface area contributed by atoms with Crippen LogP contribution in [0.3, 0.4) is 0 Å². The topological polar surface area (TPSA) is 118 Å². The molecule has 2 aromatic carbocycles. The molecule has 144 valence electrons. The van der Waals surface area contributed by atoms with Gasteiger partial charge < -0.3 is 14.8 Å². The number of nitriles is 1. The SMILES string of the molecule is C[C@@H](Oc1ccc(C#N)cc1)C(=O)OCC(=O)NC(=O)Nc1ccccc1F. The highest BCUT2D eigenvalue weighted by molar-refractivity contribution is 6.01. The maximum absolute atomic E-state index is 13.4. The fourth-order valence-corrected chi connectivity index (χ4v) is 1.99. The van der Waals surface area contributed by atoms with Crippen molar-refractivity contribution in [2.45, 2.75) is 13.0 Å². The van der Waals surface area contributed by atoms with Gasteiger partial charge in [0, 0.05) is 0 Å². The van der Waals surface area contributed by atoms with Gasteiger partial charge in [0.15, 0.2) is 12.7 Å². The zero-order valence-corrected chi connectivity index (χ0v) is 14.8. The quantitative estimate of drug-likeness (QED) is 0.737. The molecule has 0 bridgehead atoms. The van der Waals surface area contributed by atoms with Crippen LogP contribution >= 0.6 is 0 Å². The summed E-state index contributed by atoms with van der Waals surface area (Å²) in [5, 5.41) is 12.8. The Hall–Kier alpha value is -3.93. The number of hydrogen-bond donors (Lipinski definition) is 2. The van der Waals surface area contributed by atoms with Crippen LogP contribution in [0.15, 0.2) is 48.5 Å². The summed E-state index contributed by atoms with van der Waals surface area (Å²) in [5.41, 5.74) is 0.335. The molecule has 1 atom stereocenters. The van der Waals surface area contributed by atoms with Gasteiger partial charge in [0.2, 0.25) is 0 Å². The number of carbonyl (C=O) groups is 3. The number of imide groups is 1. The summed E-state index contributed by atoms with van der Waals surface area (Å²) < 4.78 is 23.5. The molecule has 0 aliphatic carbocycles. The highest BCUT2D eigenvalue weighted by Crippen LogP contribution is 2.14. The average Bonchev–Trinajstić information content (AvgIpc) is 2.68. The summed E-state index contributed by atoms with van der Waals surface area (Å²) in [7, 11) is 0. The van der Waals surface area contributed by atoms with Crippen molar-refractivity contribution in [3.8, 4) is 11.8 Å². The molecule has 0 aliphatic heterocycles. The second kappa shape index (κ2) is 9.68. The molecule has 2 aromatic rings. The number of halogens is 1. The molecule has 0 radical (unpaired) electrons. The standard InChI is InChI=1S/C19H16FN3O5/c1-12(28-14-8-6-13(10-21)7-9-14)18(25)27-11-17(24)23-19(26)22-16-5-3-2-4-15(16)20/h2-9,12H,11H2,1H3,(H2,22,23,24,26)/t12-/m1/s1. The molecule has 0 aliphatic rings. The van der Waals surface area contributed by atoms with Crippen molar-refractivity contribution in [3.63, 3.8) is 0 Å². The van der Waals surface area contributed by atoms with E-state index in [1.807, 2.05) is 11.4 Å². The molecule has 3 amide bonds. The van der Waals surface area contributed by atoms with Gasteiger partial charge in [-0.15, -0.1) is 0 Å². The first-order valence-electron chi connectivity index (χ1n) is 8.08. The van der Waals surface area contributed by atoms with Crippen molar-refractivity contribution in [2.24, 2.45) is 0 Å². The first kappa shape index (κ1) is 20.4.